The first-order chi connectivity index (χ1) is 8.97. The van der Waals surface area contributed by atoms with Crippen LogP contribution in [0.1, 0.15) is 11.1 Å². The molecule has 6 heteroatoms. The van der Waals surface area contributed by atoms with Crippen LogP contribution in [0.4, 0.5) is 5.69 Å². The van der Waals surface area contributed by atoms with Crippen molar-refractivity contribution in [3.8, 4) is 0 Å². The van der Waals surface area contributed by atoms with Gasteiger partial charge in [-0.1, -0.05) is 23.9 Å². The Kier molecular flexibility index (Phi) is 4.21. The molecule has 0 aliphatic heterocycles. The summed E-state index contributed by atoms with van der Waals surface area (Å²) in [5, 5.41) is 11.5. The van der Waals surface area contributed by atoms with Crippen molar-refractivity contribution in [2.45, 2.75) is 23.8 Å². The van der Waals surface area contributed by atoms with E-state index in [1.165, 1.54) is 17.8 Å². The first-order valence-corrected chi connectivity index (χ1v) is 7.13. The first kappa shape index (κ1) is 14.0. The minimum atomic E-state index is -0.411. The van der Waals surface area contributed by atoms with Gasteiger partial charge in [0.15, 0.2) is 5.03 Å². The molecule has 0 aliphatic rings. The highest BCUT2D eigenvalue weighted by molar-refractivity contribution is 9.10. The van der Waals surface area contributed by atoms with E-state index in [4.69, 9.17) is 0 Å². The lowest BCUT2D eigenvalue weighted by Crippen LogP contribution is -1.94. The number of halogens is 1. The molecule has 0 spiro atoms. The predicted molar refractivity (Wildman–Crippen MR) is 78.6 cm³/mol. The Morgan fingerprint density at radius 2 is 2.05 bits per heavy atom. The fraction of sp³-hybridized carbons (Fsp3) is 0.154. The van der Waals surface area contributed by atoms with Gasteiger partial charge in [-0.05, 0) is 47.0 Å². The maximum absolute atomic E-state index is 11.0. The van der Waals surface area contributed by atoms with Gasteiger partial charge in [0.2, 0.25) is 0 Å². The van der Waals surface area contributed by atoms with Crippen molar-refractivity contribution >= 4 is 33.4 Å². The first-order valence-electron chi connectivity index (χ1n) is 5.52. The second-order valence-corrected chi connectivity index (χ2v) is 6.05. The maximum Gasteiger partial charge on any atom is 0.302 e. The zero-order valence-electron chi connectivity index (χ0n) is 10.4. The molecular weight excluding hydrogens is 328 g/mol. The molecule has 1 heterocycles. The summed E-state index contributed by atoms with van der Waals surface area (Å²) in [6, 6.07) is 7.50. The Balaban J connectivity index is 2.43. The van der Waals surface area contributed by atoms with Crippen molar-refractivity contribution < 1.29 is 4.92 Å². The third-order valence-corrected chi connectivity index (χ3v) is 4.15. The van der Waals surface area contributed by atoms with Gasteiger partial charge in [-0.25, -0.2) is 4.98 Å². The number of pyridine rings is 1. The molecule has 0 saturated carbocycles. The minimum absolute atomic E-state index is 0.0141. The Hall–Kier alpha value is -1.40. The molecule has 19 heavy (non-hydrogen) atoms. The highest BCUT2D eigenvalue weighted by Crippen LogP contribution is 2.36. The third-order valence-electron chi connectivity index (χ3n) is 2.55. The summed E-state index contributed by atoms with van der Waals surface area (Å²) in [5.41, 5.74) is 2.21. The summed E-state index contributed by atoms with van der Waals surface area (Å²) in [6.07, 6.45) is 1.57. The van der Waals surface area contributed by atoms with Gasteiger partial charge in [0.1, 0.15) is 0 Å². The van der Waals surface area contributed by atoms with Crippen molar-refractivity contribution in [2.24, 2.45) is 0 Å². The molecule has 0 atom stereocenters. The van der Waals surface area contributed by atoms with Crippen molar-refractivity contribution in [3.63, 3.8) is 0 Å². The maximum atomic E-state index is 11.0. The van der Waals surface area contributed by atoms with E-state index in [0.29, 0.717) is 9.50 Å². The third kappa shape index (κ3) is 3.33. The van der Waals surface area contributed by atoms with Crippen LogP contribution in [0.25, 0.3) is 0 Å². The van der Waals surface area contributed by atoms with E-state index in [1.54, 1.807) is 6.20 Å². The fourth-order valence-electron chi connectivity index (χ4n) is 1.55. The number of hydrogen-bond acceptors (Lipinski definition) is 4. The number of hydrogen-bond donors (Lipinski definition) is 0. The van der Waals surface area contributed by atoms with Crippen LogP contribution in [0.5, 0.6) is 0 Å². The molecule has 0 N–H and O–H groups in total. The van der Waals surface area contributed by atoms with Gasteiger partial charge in [-0.15, -0.1) is 0 Å². The van der Waals surface area contributed by atoms with Crippen molar-refractivity contribution in [3.05, 3.63) is 56.2 Å². The van der Waals surface area contributed by atoms with Gasteiger partial charge in [0.25, 0.3) is 0 Å². The normalized spacial score (nSPS) is 10.5. The largest absolute Gasteiger partial charge is 0.302 e. The summed E-state index contributed by atoms with van der Waals surface area (Å²) in [7, 11) is 0. The minimum Gasteiger partial charge on any atom is -0.258 e. The number of benzene rings is 1. The van der Waals surface area contributed by atoms with Crippen LogP contribution in [0.3, 0.4) is 0 Å². The molecule has 0 bridgehead atoms. The molecule has 2 aromatic rings. The Bertz CT molecular complexity index is 647. The zero-order valence-corrected chi connectivity index (χ0v) is 12.8. The highest BCUT2D eigenvalue weighted by Gasteiger charge is 2.17. The summed E-state index contributed by atoms with van der Waals surface area (Å²) in [4.78, 5) is 15.8. The molecule has 0 saturated heterocycles. The monoisotopic (exact) mass is 338 g/mol. The SMILES string of the molecule is Cc1ccc(C)c(Sc2ncc(Br)cc2[N+](=O)[O-])c1. The molecule has 0 radical (unpaired) electrons. The van der Waals surface area contributed by atoms with Gasteiger partial charge in [-0.2, -0.15) is 0 Å². The molecular formula is C13H11BrN2O2S. The van der Waals surface area contributed by atoms with E-state index in [2.05, 4.69) is 20.9 Å². The van der Waals surface area contributed by atoms with Crippen molar-refractivity contribution in [1.82, 2.24) is 4.98 Å². The van der Waals surface area contributed by atoms with Crippen LogP contribution in [-0.2, 0) is 0 Å². The predicted octanol–water partition coefficient (Wildman–Crippen LogP) is 4.52. The van der Waals surface area contributed by atoms with Crippen LogP contribution in [0.2, 0.25) is 0 Å². The van der Waals surface area contributed by atoms with E-state index in [1.807, 2.05) is 32.0 Å². The van der Waals surface area contributed by atoms with Crippen LogP contribution < -0.4 is 0 Å². The van der Waals surface area contributed by atoms with E-state index in [0.717, 1.165) is 16.0 Å². The number of rotatable bonds is 3. The Morgan fingerprint density at radius 3 is 2.74 bits per heavy atom. The number of aromatic nitrogens is 1. The van der Waals surface area contributed by atoms with Gasteiger partial charge < -0.3 is 0 Å². The number of nitro groups is 1. The molecule has 0 unspecified atom stereocenters. The average molecular weight is 339 g/mol. The zero-order chi connectivity index (χ0) is 14.0. The molecule has 4 nitrogen and oxygen atoms in total. The Morgan fingerprint density at radius 1 is 1.32 bits per heavy atom. The van der Waals surface area contributed by atoms with Crippen molar-refractivity contribution in [1.29, 1.82) is 0 Å². The Labute approximate surface area is 123 Å². The lowest BCUT2D eigenvalue weighted by molar-refractivity contribution is -0.388. The van der Waals surface area contributed by atoms with E-state index < -0.39 is 4.92 Å². The van der Waals surface area contributed by atoms with E-state index in [-0.39, 0.29) is 5.69 Å². The standard InChI is InChI=1S/C13H11BrN2O2S/c1-8-3-4-9(2)12(5-8)19-13-11(16(17)18)6-10(14)7-15-13/h3-7H,1-2H3. The second-order valence-electron chi connectivity index (χ2n) is 4.11. The molecule has 1 aromatic heterocycles. The van der Waals surface area contributed by atoms with Crippen LogP contribution in [-0.4, -0.2) is 9.91 Å². The quantitative estimate of drug-likeness (QED) is 0.609. The van der Waals surface area contributed by atoms with Crippen LogP contribution >= 0.6 is 27.7 Å². The molecule has 98 valence electrons. The topological polar surface area (TPSA) is 56.0 Å². The van der Waals surface area contributed by atoms with Gasteiger partial charge in [-0.3, -0.25) is 10.1 Å². The second kappa shape index (κ2) is 5.71. The van der Waals surface area contributed by atoms with E-state index in [9.17, 15) is 10.1 Å². The summed E-state index contributed by atoms with van der Waals surface area (Å²) >= 11 is 4.52. The average Bonchev–Trinajstić information content (AvgIpc) is 2.35. The van der Waals surface area contributed by atoms with Gasteiger partial charge in [0.05, 0.1) is 4.92 Å². The summed E-state index contributed by atoms with van der Waals surface area (Å²) in [5.74, 6) is 0. The highest BCUT2D eigenvalue weighted by atomic mass is 79.9. The lowest BCUT2D eigenvalue weighted by atomic mass is 10.2. The molecule has 0 fully saturated rings. The number of aryl methyl sites for hydroxylation is 2. The van der Waals surface area contributed by atoms with Crippen LogP contribution in [0.15, 0.2) is 44.9 Å². The molecule has 0 aliphatic carbocycles. The van der Waals surface area contributed by atoms with Gasteiger partial charge in [0, 0.05) is 21.6 Å². The lowest BCUT2D eigenvalue weighted by Gasteiger charge is -2.06. The fourth-order valence-corrected chi connectivity index (χ4v) is 2.89. The van der Waals surface area contributed by atoms with Crippen molar-refractivity contribution in [2.75, 3.05) is 0 Å². The summed E-state index contributed by atoms with van der Waals surface area (Å²) in [6.45, 7) is 3.97. The molecule has 1 aromatic carbocycles. The van der Waals surface area contributed by atoms with Crippen LogP contribution in [0, 0.1) is 24.0 Å². The molecule has 0 amide bonds. The smallest absolute Gasteiger partial charge is 0.258 e. The number of nitrogens with zero attached hydrogens (tertiary/aromatic N) is 2. The molecule has 2 rings (SSSR count). The van der Waals surface area contributed by atoms with Gasteiger partial charge >= 0.3 is 5.69 Å². The summed E-state index contributed by atoms with van der Waals surface area (Å²) < 4.78 is 0.601. The van der Waals surface area contributed by atoms with E-state index >= 15 is 0 Å².